The lowest BCUT2D eigenvalue weighted by Gasteiger charge is -2.36. The van der Waals surface area contributed by atoms with Crippen LogP contribution in [0.25, 0.3) is 10.9 Å². The predicted molar refractivity (Wildman–Crippen MR) is 109 cm³/mol. The van der Waals surface area contributed by atoms with E-state index in [0.717, 1.165) is 16.5 Å². The fourth-order valence-corrected chi connectivity index (χ4v) is 3.98. The van der Waals surface area contributed by atoms with Gasteiger partial charge in [0.05, 0.1) is 5.52 Å². The van der Waals surface area contributed by atoms with Crippen molar-refractivity contribution in [2.45, 2.75) is 38.9 Å². The molecule has 0 fully saturated rings. The van der Waals surface area contributed by atoms with Gasteiger partial charge in [0.2, 0.25) is 12.2 Å². The highest BCUT2D eigenvalue weighted by Gasteiger charge is 2.39. The number of carbonyl (C=O) groups excluding carboxylic acids is 2. The summed E-state index contributed by atoms with van der Waals surface area (Å²) in [5.41, 5.74) is 1.76. The second-order valence-corrected chi connectivity index (χ2v) is 7.10. The number of aliphatic hydroxyl groups excluding tert-OH is 1. The summed E-state index contributed by atoms with van der Waals surface area (Å²) in [6, 6.07) is 7.72. The highest BCUT2D eigenvalue weighted by atomic mass is 16.7. The van der Waals surface area contributed by atoms with Gasteiger partial charge in [-0.25, -0.2) is 0 Å². The first kappa shape index (κ1) is 21.1. The van der Waals surface area contributed by atoms with Crippen molar-refractivity contribution in [2.75, 3.05) is 20.3 Å². The summed E-state index contributed by atoms with van der Waals surface area (Å²) in [5.74, 6) is -0.513. The Labute approximate surface area is 170 Å². The first-order valence-electron chi connectivity index (χ1n) is 9.95. The summed E-state index contributed by atoms with van der Waals surface area (Å²) in [4.78, 5) is 24.5. The Kier molecular flexibility index (Phi) is 6.71. The lowest BCUT2D eigenvalue weighted by atomic mass is 9.80. The third-order valence-electron chi connectivity index (χ3n) is 5.30. The zero-order chi connectivity index (χ0) is 21.0. The van der Waals surface area contributed by atoms with Crippen LogP contribution in [0.15, 0.2) is 42.3 Å². The molecule has 0 bridgehead atoms. The fraction of sp³-hybridized carbons (Fsp3) is 0.455. The molecule has 0 saturated heterocycles. The molecule has 0 spiro atoms. The van der Waals surface area contributed by atoms with E-state index in [2.05, 4.69) is 5.32 Å². The van der Waals surface area contributed by atoms with Crippen LogP contribution in [-0.4, -0.2) is 48.0 Å². The van der Waals surface area contributed by atoms with E-state index < -0.39 is 6.29 Å². The zero-order valence-electron chi connectivity index (χ0n) is 17.1. The first-order valence-corrected chi connectivity index (χ1v) is 9.95. The molecule has 2 aromatic rings. The Morgan fingerprint density at radius 2 is 2.07 bits per heavy atom. The largest absolute Gasteiger partial charge is 0.459 e. The summed E-state index contributed by atoms with van der Waals surface area (Å²) >= 11 is 0. The summed E-state index contributed by atoms with van der Waals surface area (Å²) in [5, 5.41) is 12.9. The number of allylic oxidation sites excluding steroid dienone is 1. The van der Waals surface area contributed by atoms with Crippen LogP contribution >= 0.6 is 0 Å². The predicted octanol–water partition coefficient (Wildman–Crippen LogP) is 2.80. The molecule has 7 heteroatoms. The van der Waals surface area contributed by atoms with Crippen molar-refractivity contribution >= 4 is 22.7 Å². The molecule has 1 amide bonds. The van der Waals surface area contributed by atoms with Crippen LogP contribution in [0.3, 0.4) is 0 Å². The number of likely N-dealkylation sites (N-methyl/N-ethyl adjacent to an activating group) is 1. The van der Waals surface area contributed by atoms with Gasteiger partial charge in [0, 0.05) is 50.6 Å². The molecule has 0 saturated carbocycles. The van der Waals surface area contributed by atoms with Gasteiger partial charge >= 0.3 is 0 Å². The van der Waals surface area contributed by atoms with E-state index in [-0.39, 0.29) is 36.0 Å². The molecule has 0 radical (unpaired) electrons. The molecule has 29 heavy (non-hydrogen) atoms. The summed E-state index contributed by atoms with van der Waals surface area (Å²) in [6.07, 6.45) is 4.28. The third kappa shape index (κ3) is 4.21. The second kappa shape index (κ2) is 9.24. The molecule has 1 aliphatic heterocycles. The average Bonchev–Trinajstić information content (AvgIpc) is 3.12. The molecule has 2 heterocycles. The van der Waals surface area contributed by atoms with Crippen molar-refractivity contribution in [3.8, 4) is 0 Å². The second-order valence-electron chi connectivity index (χ2n) is 7.10. The lowest BCUT2D eigenvalue weighted by molar-refractivity contribution is -0.166. The number of nitrogens with zero attached hydrogens (tertiary/aromatic N) is 1. The number of nitrogens with one attached hydrogen (secondary N) is 1. The normalized spacial score (nSPS) is 21.5. The number of hydrogen-bond acceptors (Lipinski definition) is 5. The van der Waals surface area contributed by atoms with E-state index in [4.69, 9.17) is 9.47 Å². The number of hydrogen-bond donors (Lipinski definition) is 2. The van der Waals surface area contributed by atoms with Crippen LogP contribution in [-0.2, 0) is 14.3 Å². The third-order valence-corrected chi connectivity index (χ3v) is 5.30. The number of ether oxygens (including phenoxy) is 2. The minimum Gasteiger partial charge on any atom is -0.459 e. The van der Waals surface area contributed by atoms with E-state index in [1.165, 1.54) is 6.92 Å². The molecular formula is C22H28N2O5. The Balaban J connectivity index is 2.17. The smallest absolute Gasteiger partial charge is 0.285 e. The first-order chi connectivity index (χ1) is 14.0. The number of fused-ring (bicyclic) bond motifs is 1. The number of rotatable bonds is 7. The molecular weight excluding hydrogens is 372 g/mol. The van der Waals surface area contributed by atoms with Gasteiger partial charge < -0.3 is 19.9 Å². The maximum Gasteiger partial charge on any atom is 0.285 e. The molecule has 1 aromatic carbocycles. The summed E-state index contributed by atoms with van der Waals surface area (Å²) in [6.45, 7) is 3.89. The van der Waals surface area contributed by atoms with Crippen molar-refractivity contribution < 1.29 is 24.2 Å². The number of aliphatic hydroxyl groups is 1. The van der Waals surface area contributed by atoms with Crippen molar-refractivity contribution in [3.63, 3.8) is 0 Å². The number of amides is 1. The van der Waals surface area contributed by atoms with Crippen molar-refractivity contribution in [1.82, 2.24) is 9.88 Å². The Morgan fingerprint density at radius 1 is 1.31 bits per heavy atom. The quantitative estimate of drug-likeness (QED) is 0.746. The molecule has 0 unspecified atom stereocenters. The number of carbonyl (C=O) groups is 2. The van der Waals surface area contributed by atoms with Crippen LogP contribution in [0.1, 0.15) is 43.0 Å². The molecule has 7 nitrogen and oxygen atoms in total. The fourth-order valence-electron chi connectivity index (χ4n) is 3.98. The molecule has 3 rings (SSSR count). The minimum atomic E-state index is -0.617. The topological polar surface area (TPSA) is 89.8 Å². The Bertz CT molecular complexity index is 917. The van der Waals surface area contributed by atoms with Gasteiger partial charge in [0.25, 0.3) is 5.91 Å². The average molecular weight is 400 g/mol. The van der Waals surface area contributed by atoms with Crippen LogP contribution in [0.5, 0.6) is 0 Å². The molecule has 2 N–H and O–H groups in total. The molecule has 156 valence electrons. The van der Waals surface area contributed by atoms with Gasteiger partial charge in [0.15, 0.2) is 5.76 Å². The van der Waals surface area contributed by atoms with Gasteiger partial charge in [-0.05, 0) is 37.5 Å². The molecule has 3 atom stereocenters. The van der Waals surface area contributed by atoms with Crippen LogP contribution in [0.4, 0.5) is 0 Å². The van der Waals surface area contributed by atoms with Gasteiger partial charge in [-0.3, -0.25) is 14.2 Å². The van der Waals surface area contributed by atoms with E-state index >= 15 is 0 Å². The molecule has 1 aliphatic rings. The molecule has 1 aromatic heterocycles. The number of aromatic nitrogens is 1. The van der Waals surface area contributed by atoms with Crippen molar-refractivity contribution in [2.24, 2.45) is 5.92 Å². The highest BCUT2D eigenvalue weighted by molar-refractivity contribution is 5.95. The zero-order valence-corrected chi connectivity index (χ0v) is 17.1. The van der Waals surface area contributed by atoms with Crippen molar-refractivity contribution in [3.05, 3.63) is 47.9 Å². The Morgan fingerprint density at radius 3 is 2.72 bits per heavy atom. The maximum absolute atomic E-state index is 12.3. The maximum atomic E-state index is 12.3. The minimum absolute atomic E-state index is 0.0588. The van der Waals surface area contributed by atoms with Crippen LogP contribution in [0.2, 0.25) is 0 Å². The van der Waals surface area contributed by atoms with Crippen LogP contribution < -0.4 is 5.32 Å². The standard InChI is InChI=1S/C22H28N2O5/c1-4-28-22-16(9-7-11-25)17(12-20(29-22)21(27)23-3)18-13-24(14(2)26)19-10-6-5-8-15(18)19/h5-6,8,10,12-13,16-17,22,25H,4,7,9,11H2,1-3H3,(H,23,27)/t16-,17-,22+/m0/s1. The summed E-state index contributed by atoms with van der Waals surface area (Å²) in [7, 11) is 1.55. The number of benzene rings is 1. The monoisotopic (exact) mass is 400 g/mol. The molecule has 0 aliphatic carbocycles. The van der Waals surface area contributed by atoms with Gasteiger partial charge in [0.1, 0.15) is 0 Å². The van der Waals surface area contributed by atoms with Gasteiger partial charge in [-0.2, -0.15) is 0 Å². The van der Waals surface area contributed by atoms with E-state index in [0.29, 0.717) is 19.4 Å². The van der Waals surface area contributed by atoms with Crippen LogP contribution in [0, 0.1) is 5.92 Å². The van der Waals surface area contributed by atoms with Crippen molar-refractivity contribution in [1.29, 1.82) is 0 Å². The van der Waals surface area contributed by atoms with E-state index in [1.54, 1.807) is 11.6 Å². The van der Waals surface area contributed by atoms with Gasteiger partial charge in [-0.1, -0.05) is 18.2 Å². The highest BCUT2D eigenvalue weighted by Crippen LogP contribution is 2.42. The SMILES string of the molecule is CCO[C@@H]1OC(C(=O)NC)=C[C@H](c2cn(C(C)=O)c3ccccc23)[C@@H]1CCCO. The van der Waals surface area contributed by atoms with E-state index in [9.17, 15) is 14.7 Å². The summed E-state index contributed by atoms with van der Waals surface area (Å²) < 4.78 is 13.3. The van der Waals surface area contributed by atoms with Gasteiger partial charge in [-0.15, -0.1) is 0 Å². The number of para-hydroxylation sites is 1. The lowest BCUT2D eigenvalue weighted by Crippen LogP contribution is -2.38. The Hall–Kier alpha value is -2.64. The van der Waals surface area contributed by atoms with E-state index in [1.807, 2.05) is 43.5 Å².